The Kier molecular flexibility index (Phi) is 4.12. The highest BCUT2D eigenvalue weighted by Gasteiger charge is 2.08. The van der Waals surface area contributed by atoms with Crippen LogP contribution in [0.15, 0.2) is 40.9 Å². The molecule has 2 aromatic carbocycles. The number of rotatable bonds is 3. The van der Waals surface area contributed by atoms with Crippen LogP contribution in [-0.2, 0) is 0 Å². The SMILES string of the molecule is Cc1ccc(Cl)c(Oc2ccc(C(=N)N)cc2Br)c1. The lowest BCUT2D eigenvalue weighted by molar-refractivity contribution is 0.479. The van der Waals surface area contributed by atoms with Gasteiger partial charge in [0.05, 0.1) is 9.50 Å². The Labute approximate surface area is 125 Å². The molecule has 0 aliphatic rings. The van der Waals surface area contributed by atoms with Crippen LogP contribution in [0.1, 0.15) is 11.1 Å². The van der Waals surface area contributed by atoms with Crippen LogP contribution in [-0.4, -0.2) is 5.84 Å². The smallest absolute Gasteiger partial charge is 0.146 e. The van der Waals surface area contributed by atoms with Gasteiger partial charge in [-0.05, 0) is 58.7 Å². The molecule has 98 valence electrons. The molecular formula is C14H12BrClN2O. The molecule has 0 saturated carbocycles. The first-order valence-corrected chi connectivity index (χ1v) is 6.72. The predicted molar refractivity (Wildman–Crippen MR) is 81.4 cm³/mol. The standard InChI is InChI=1S/C14H12BrClN2O/c1-8-2-4-11(16)13(6-8)19-12-5-3-9(14(17)18)7-10(12)15/h2-7H,1H3,(H3,17,18). The first kappa shape index (κ1) is 13.9. The zero-order chi connectivity index (χ0) is 14.0. The summed E-state index contributed by atoms with van der Waals surface area (Å²) in [7, 11) is 0. The van der Waals surface area contributed by atoms with Crippen LogP contribution < -0.4 is 10.5 Å². The molecule has 2 aromatic rings. The molecule has 19 heavy (non-hydrogen) atoms. The summed E-state index contributed by atoms with van der Waals surface area (Å²) in [4.78, 5) is 0. The van der Waals surface area contributed by atoms with Crippen molar-refractivity contribution in [1.29, 1.82) is 5.41 Å². The topological polar surface area (TPSA) is 59.1 Å². The molecule has 0 amide bonds. The molecule has 0 bridgehead atoms. The van der Waals surface area contributed by atoms with Gasteiger partial charge in [0.25, 0.3) is 0 Å². The number of halogens is 2. The molecule has 0 fully saturated rings. The minimum absolute atomic E-state index is 0.0147. The molecule has 3 nitrogen and oxygen atoms in total. The highest BCUT2D eigenvalue weighted by molar-refractivity contribution is 9.10. The molecule has 0 saturated heterocycles. The molecule has 0 aliphatic carbocycles. The first-order chi connectivity index (χ1) is 8.97. The highest BCUT2D eigenvalue weighted by atomic mass is 79.9. The number of amidine groups is 1. The maximum absolute atomic E-state index is 7.38. The van der Waals surface area contributed by atoms with Gasteiger partial charge in [0.15, 0.2) is 0 Å². The second-order valence-electron chi connectivity index (χ2n) is 4.09. The van der Waals surface area contributed by atoms with Gasteiger partial charge >= 0.3 is 0 Å². The number of hydrogen-bond donors (Lipinski definition) is 2. The first-order valence-electron chi connectivity index (χ1n) is 5.55. The monoisotopic (exact) mass is 338 g/mol. The molecule has 0 aromatic heterocycles. The summed E-state index contributed by atoms with van der Waals surface area (Å²) < 4.78 is 6.49. The van der Waals surface area contributed by atoms with Crippen LogP contribution in [0.4, 0.5) is 0 Å². The summed E-state index contributed by atoms with van der Waals surface area (Å²) in [5.41, 5.74) is 7.13. The maximum Gasteiger partial charge on any atom is 0.146 e. The van der Waals surface area contributed by atoms with Crippen LogP contribution >= 0.6 is 27.5 Å². The minimum Gasteiger partial charge on any atom is -0.455 e. The molecule has 0 aliphatic heterocycles. The van der Waals surface area contributed by atoms with Gasteiger partial charge in [-0.2, -0.15) is 0 Å². The molecule has 0 unspecified atom stereocenters. The van der Waals surface area contributed by atoms with Crippen molar-refractivity contribution in [2.24, 2.45) is 5.73 Å². The van der Waals surface area contributed by atoms with Crippen LogP contribution in [0.2, 0.25) is 5.02 Å². The molecule has 5 heteroatoms. The van der Waals surface area contributed by atoms with Crippen molar-refractivity contribution in [2.75, 3.05) is 0 Å². The van der Waals surface area contributed by atoms with E-state index in [1.165, 1.54) is 0 Å². The zero-order valence-corrected chi connectivity index (χ0v) is 12.5. The molecule has 0 radical (unpaired) electrons. The van der Waals surface area contributed by atoms with Crippen LogP contribution in [0.5, 0.6) is 11.5 Å². The van der Waals surface area contributed by atoms with E-state index < -0.39 is 0 Å². The van der Waals surface area contributed by atoms with E-state index >= 15 is 0 Å². The van der Waals surface area contributed by atoms with Crippen molar-refractivity contribution < 1.29 is 4.74 Å². The van der Waals surface area contributed by atoms with Crippen LogP contribution in [0.3, 0.4) is 0 Å². The Morgan fingerprint density at radius 3 is 2.58 bits per heavy atom. The Balaban J connectivity index is 2.33. The summed E-state index contributed by atoms with van der Waals surface area (Å²) in [6.07, 6.45) is 0. The highest BCUT2D eigenvalue weighted by Crippen LogP contribution is 2.34. The number of benzene rings is 2. The fourth-order valence-electron chi connectivity index (χ4n) is 1.56. The van der Waals surface area contributed by atoms with Gasteiger partial charge in [-0.25, -0.2) is 0 Å². The van der Waals surface area contributed by atoms with Crippen molar-refractivity contribution >= 4 is 33.4 Å². The van der Waals surface area contributed by atoms with Gasteiger partial charge in [-0.15, -0.1) is 0 Å². The van der Waals surface area contributed by atoms with Gasteiger partial charge in [0.1, 0.15) is 17.3 Å². The molecular weight excluding hydrogens is 328 g/mol. The summed E-state index contributed by atoms with van der Waals surface area (Å²) >= 11 is 9.48. The molecule has 0 atom stereocenters. The van der Waals surface area contributed by atoms with Crippen molar-refractivity contribution in [2.45, 2.75) is 6.92 Å². The lowest BCUT2D eigenvalue weighted by Crippen LogP contribution is -2.10. The summed E-state index contributed by atoms with van der Waals surface area (Å²) in [6, 6.07) is 10.8. The molecule has 0 spiro atoms. The average Bonchev–Trinajstić information content (AvgIpc) is 2.36. The van der Waals surface area contributed by atoms with Gasteiger partial charge in [0.2, 0.25) is 0 Å². The second kappa shape index (κ2) is 5.63. The second-order valence-corrected chi connectivity index (χ2v) is 5.36. The summed E-state index contributed by atoms with van der Waals surface area (Å²) in [5, 5.41) is 7.93. The normalized spacial score (nSPS) is 10.3. The molecule has 2 rings (SSSR count). The van der Waals surface area contributed by atoms with E-state index in [4.69, 9.17) is 27.5 Å². The van der Waals surface area contributed by atoms with Gasteiger partial charge in [0, 0.05) is 5.56 Å². The van der Waals surface area contributed by atoms with Gasteiger partial charge in [-0.3, -0.25) is 5.41 Å². The van der Waals surface area contributed by atoms with E-state index in [0.717, 1.165) is 10.0 Å². The van der Waals surface area contributed by atoms with Gasteiger partial charge < -0.3 is 10.5 Å². The Bertz CT molecular complexity index is 643. The maximum atomic E-state index is 7.38. The summed E-state index contributed by atoms with van der Waals surface area (Å²) in [5.74, 6) is 1.23. The van der Waals surface area contributed by atoms with E-state index in [0.29, 0.717) is 22.1 Å². The third kappa shape index (κ3) is 3.28. The number of hydrogen-bond acceptors (Lipinski definition) is 2. The van der Waals surface area contributed by atoms with E-state index in [1.54, 1.807) is 24.3 Å². The summed E-state index contributed by atoms with van der Waals surface area (Å²) in [6.45, 7) is 1.97. The number of aryl methyl sites for hydroxylation is 1. The number of ether oxygens (including phenoxy) is 1. The van der Waals surface area contributed by atoms with E-state index in [1.807, 2.05) is 19.1 Å². The molecule has 0 heterocycles. The van der Waals surface area contributed by atoms with Crippen molar-refractivity contribution in [1.82, 2.24) is 0 Å². The minimum atomic E-state index is 0.0147. The van der Waals surface area contributed by atoms with Crippen molar-refractivity contribution in [3.8, 4) is 11.5 Å². The fourth-order valence-corrected chi connectivity index (χ4v) is 2.17. The van der Waals surface area contributed by atoms with E-state index in [-0.39, 0.29) is 5.84 Å². The average molecular weight is 340 g/mol. The Morgan fingerprint density at radius 2 is 1.95 bits per heavy atom. The van der Waals surface area contributed by atoms with Crippen LogP contribution in [0.25, 0.3) is 0 Å². The lowest BCUT2D eigenvalue weighted by Gasteiger charge is -2.11. The predicted octanol–water partition coefficient (Wildman–Crippen LogP) is 4.49. The number of nitrogens with two attached hydrogens (primary N) is 1. The van der Waals surface area contributed by atoms with Gasteiger partial charge in [-0.1, -0.05) is 17.7 Å². The fraction of sp³-hybridized carbons (Fsp3) is 0.0714. The third-order valence-corrected chi connectivity index (χ3v) is 3.48. The molecule has 3 N–H and O–H groups in total. The van der Waals surface area contributed by atoms with Crippen molar-refractivity contribution in [3.05, 3.63) is 57.0 Å². The number of nitrogens with one attached hydrogen (secondary N) is 1. The van der Waals surface area contributed by atoms with E-state index in [2.05, 4.69) is 15.9 Å². The lowest BCUT2D eigenvalue weighted by atomic mass is 10.2. The number of nitrogen functional groups attached to an aromatic ring is 1. The third-order valence-electron chi connectivity index (χ3n) is 2.55. The zero-order valence-electron chi connectivity index (χ0n) is 10.2. The largest absolute Gasteiger partial charge is 0.455 e. The Morgan fingerprint density at radius 1 is 1.21 bits per heavy atom. The van der Waals surface area contributed by atoms with Crippen molar-refractivity contribution in [3.63, 3.8) is 0 Å². The quantitative estimate of drug-likeness (QED) is 0.639. The van der Waals surface area contributed by atoms with Crippen LogP contribution in [0, 0.1) is 12.3 Å². The Hall–Kier alpha value is -1.52. The van der Waals surface area contributed by atoms with E-state index in [9.17, 15) is 0 Å².